The molecule has 0 aliphatic carbocycles. The van der Waals surface area contributed by atoms with E-state index >= 15 is 0 Å². The number of hydrogen-bond donors (Lipinski definition) is 0. The molecule has 1 heterocycles. The zero-order chi connectivity index (χ0) is 15.5. The lowest BCUT2D eigenvalue weighted by Gasteiger charge is -2.36. The fourth-order valence-electron chi connectivity index (χ4n) is 2.63. The van der Waals surface area contributed by atoms with Gasteiger partial charge < -0.3 is 4.90 Å². The lowest BCUT2D eigenvalue weighted by atomic mass is 9.95. The summed E-state index contributed by atoms with van der Waals surface area (Å²) in [7, 11) is -3.33. The first-order valence-electron chi connectivity index (χ1n) is 7.18. The van der Waals surface area contributed by atoms with E-state index in [4.69, 9.17) is 0 Å². The molecule has 1 fully saturated rings. The minimum absolute atomic E-state index is 0.0339. The highest BCUT2D eigenvalue weighted by molar-refractivity contribution is 7.92. The van der Waals surface area contributed by atoms with Crippen LogP contribution in [0.25, 0.3) is 0 Å². The second-order valence-electron chi connectivity index (χ2n) is 5.33. The number of benzene rings is 1. The minimum atomic E-state index is -3.33. The van der Waals surface area contributed by atoms with Gasteiger partial charge in [0.15, 0.2) is 9.84 Å². The van der Waals surface area contributed by atoms with Gasteiger partial charge in [0.25, 0.3) is 0 Å². The predicted octanol–water partition coefficient (Wildman–Crippen LogP) is 2.31. The third-order valence-corrected chi connectivity index (χ3v) is 5.43. The van der Waals surface area contributed by atoms with Crippen LogP contribution in [-0.4, -0.2) is 37.3 Å². The van der Waals surface area contributed by atoms with Crippen molar-refractivity contribution in [3.8, 4) is 0 Å². The highest BCUT2D eigenvalue weighted by Gasteiger charge is 2.30. The van der Waals surface area contributed by atoms with Crippen LogP contribution < -0.4 is 0 Å². The number of carbonyl (C=O) groups excluding carboxylic acids is 1. The first kappa shape index (κ1) is 15.9. The maximum Gasteiger partial charge on any atom is 0.238 e. The Hall–Kier alpha value is -1.43. The van der Waals surface area contributed by atoms with Gasteiger partial charge in [0.05, 0.1) is 6.04 Å². The molecule has 1 aromatic rings. The number of carbonyl (C=O) groups is 1. The summed E-state index contributed by atoms with van der Waals surface area (Å²) in [6.45, 7) is 2.09. The molecule has 2 rings (SSSR count). The Morgan fingerprint density at radius 3 is 2.57 bits per heavy atom. The average molecular weight is 313 g/mol. The third kappa shape index (κ3) is 4.03. The molecule has 4 nitrogen and oxygen atoms in total. The summed E-state index contributed by atoms with van der Waals surface area (Å²) in [5.74, 6) is -1.15. The number of sulfone groups is 1. The molecule has 1 aliphatic rings. The highest BCUT2D eigenvalue weighted by atomic mass is 32.2. The predicted molar refractivity (Wildman–Crippen MR) is 79.0 cm³/mol. The molecule has 21 heavy (non-hydrogen) atoms. The summed E-state index contributed by atoms with van der Waals surface area (Å²) in [6.07, 6.45) is 2.63. The van der Waals surface area contributed by atoms with Gasteiger partial charge in [-0.2, -0.15) is 0 Å². The normalized spacial score (nSPS) is 19.5. The van der Waals surface area contributed by atoms with Crippen molar-refractivity contribution in [1.29, 1.82) is 0 Å². The van der Waals surface area contributed by atoms with Crippen LogP contribution in [0.4, 0.5) is 4.39 Å². The van der Waals surface area contributed by atoms with E-state index in [9.17, 15) is 17.6 Å². The fraction of sp³-hybridized carbons (Fsp3) is 0.533. The van der Waals surface area contributed by atoms with Gasteiger partial charge in [-0.25, -0.2) is 12.8 Å². The first-order valence-corrected chi connectivity index (χ1v) is 9.00. The topological polar surface area (TPSA) is 54.5 Å². The Morgan fingerprint density at radius 2 is 1.95 bits per heavy atom. The number of likely N-dealkylation sites (tertiary alicyclic amines) is 1. The van der Waals surface area contributed by atoms with Crippen molar-refractivity contribution >= 4 is 15.7 Å². The summed E-state index contributed by atoms with van der Waals surface area (Å²) < 4.78 is 36.3. The molecule has 6 heteroatoms. The molecule has 1 aliphatic heterocycles. The highest BCUT2D eigenvalue weighted by Crippen LogP contribution is 2.31. The van der Waals surface area contributed by atoms with Gasteiger partial charge in [-0.3, -0.25) is 4.79 Å². The Kier molecular flexibility index (Phi) is 4.98. The van der Waals surface area contributed by atoms with E-state index in [2.05, 4.69) is 0 Å². The van der Waals surface area contributed by atoms with E-state index in [-0.39, 0.29) is 23.5 Å². The molecule has 0 saturated carbocycles. The maximum atomic E-state index is 13.0. The minimum Gasteiger partial charge on any atom is -0.335 e. The fourth-order valence-corrected chi connectivity index (χ4v) is 3.38. The van der Waals surface area contributed by atoms with Crippen molar-refractivity contribution in [2.24, 2.45) is 0 Å². The number of rotatable bonds is 4. The number of piperidine rings is 1. The molecule has 1 aromatic carbocycles. The van der Waals surface area contributed by atoms with Crippen molar-refractivity contribution in [2.75, 3.05) is 18.1 Å². The largest absolute Gasteiger partial charge is 0.335 e. The Balaban J connectivity index is 2.19. The van der Waals surface area contributed by atoms with Gasteiger partial charge in [0.1, 0.15) is 11.6 Å². The van der Waals surface area contributed by atoms with E-state index in [1.807, 2.05) is 0 Å². The number of hydrogen-bond acceptors (Lipinski definition) is 3. The molecule has 0 N–H and O–H groups in total. The zero-order valence-electron chi connectivity index (χ0n) is 12.1. The SMILES string of the molecule is CCS(=O)(=O)CC(=O)N1CCCC[C@H]1c1ccc(F)cc1. The van der Waals surface area contributed by atoms with Gasteiger partial charge in [-0.05, 0) is 37.0 Å². The molecule has 1 atom stereocenters. The molecular weight excluding hydrogens is 293 g/mol. The van der Waals surface area contributed by atoms with Crippen LogP contribution in [0, 0.1) is 5.82 Å². The molecule has 0 spiro atoms. The molecule has 1 saturated heterocycles. The van der Waals surface area contributed by atoms with Gasteiger partial charge in [0, 0.05) is 12.3 Å². The summed E-state index contributed by atoms with van der Waals surface area (Å²) in [5, 5.41) is 0. The Morgan fingerprint density at radius 1 is 1.29 bits per heavy atom. The molecular formula is C15H20FNO3S. The van der Waals surface area contributed by atoms with Crippen LogP contribution in [-0.2, 0) is 14.6 Å². The maximum absolute atomic E-state index is 13.0. The Bertz CT molecular complexity index is 598. The molecule has 1 amide bonds. The summed E-state index contributed by atoms with van der Waals surface area (Å²) in [5.41, 5.74) is 0.860. The lowest BCUT2D eigenvalue weighted by molar-refractivity contribution is -0.132. The zero-order valence-corrected chi connectivity index (χ0v) is 12.9. The van der Waals surface area contributed by atoms with Crippen molar-refractivity contribution in [3.05, 3.63) is 35.6 Å². The van der Waals surface area contributed by atoms with Crippen LogP contribution in [0.5, 0.6) is 0 Å². The molecule has 0 bridgehead atoms. The van der Waals surface area contributed by atoms with Crippen LogP contribution >= 0.6 is 0 Å². The van der Waals surface area contributed by atoms with Gasteiger partial charge in [-0.1, -0.05) is 19.1 Å². The number of halogens is 1. The van der Waals surface area contributed by atoms with E-state index in [1.54, 1.807) is 17.0 Å². The van der Waals surface area contributed by atoms with Crippen LogP contribution in [0.3, 0.4) is 0 Å². The first-order chi connectivity index (χ1) is 9.93. The second-order valence-corrected chi connectivity index (χ2v) is 7.68. The molecule has 0 aromatic heterocycles. The third-order valence-electron chi connectivity index (χ3n) is 3.86. The van der Waals surface area contributed by atoms with Crippen molar-refractivity contribution in [1.82, 2.24) is 4.90 Å². The van der Waals surface area contributed by atoms with Gasteiger partial charge in [0.2, 0.25) is 5.91 Å². The number of amides is 1. The second kappa shape index (κ2) is 6.56. The van der Waals surface area contributed by atoms with Crippen LogP contribution in [0.2, 0.25) is 0 Å². The molecule has 0 radical (unpaired) electrons. The summed E-state index contributed by atoms with van der Waals surface area (Å²) >= 11 is 0. The van der Waals surface area contributed by atoms with E-state index in [1.165, 1.54) is 19.1 Å². The standard InChI is InChI=1S/C15H20FNO3S/c1-2-21(19,20)11-15(18)17-10-4-3-5-14(17)12-6-8-13(16)9-7-12/h6-9,14H,2-5,10-11H2,1H3/t14-/m0/s1. The van der Waals surface area contributed by atoms with Crippen molar-refractivity contribution in [2.45, 2.75) is 32.2 Å². The smallest absolute Gasteiger partial charge is 0.238 e. The average Bonchev–Trinajstić information content (AvgIpc) is 2.47. The Labute approximate surface area is 124 Å². The summed E-state index contributed by atoms with van der Waals surface area (Å²) in [6, 6.07) is 5.92. The van der Waals surface area contributed by atoms with E-state index < -0.39 is 15.6 Å². The van der Waals surface area contributed by atoms with Crippen LogP contribution in [0.1, 0.15) is 37.8 Å². The van der Waals surface area contributed by atoms with Crippen LogP contribution in [0.15, 0.2) is 24.3 Å². The number of nitrogens with zero attached hydrogens (tertiary/aromatic N) is 1. The quantitative estimate of drug-likeness (QED) is 0.857. The van der Waals surface area contributed by atoms with E-state index in [0.29, 0.717) is 6.54 Å². The summed E-state index contributed by atoms with van der Waals surface area (Å²) in [4.78, 5) is 13.9. The lowest BCUT2D eigenvalue weighted by Crippen LogP contribution is -2.41. The van der Waals surface area contributed by atoms with Gasteiger partial charge >= 0.3 is 0 Å². The van der Waals surface area contributed by atoms with Gasteiger partial charge in [-0.15, -0.1) is 0 Å². The monoisotopic (exact) mass is 313 g/mol. The van der Waals surface area contributed by atoms with E-state index in [0.717, 1.165) is 24.8 Å². The molecule has 0 unspecified atom stereocenters. The van der Waals surface area contributed by atoms with Crippen molar-refractivity contribution < 1.29 is 17.6 Å². The van der Waals surface area contributed by atoms with Crippen molar-refractivity contribution in [3.63, 3.8) is 0 Å². The molecule has 116 valence electrons.